The average Bonchev–Trinajstić information content (AvgIpc) is 2.56. The molecule has 5 nitrogen and oxygen atoms in total. The fraction of sp³-hybridized carbons (Fsp3) is 0.500. The minimum Gasteiger partial charge on any atom is -0.459 e. The monoisotopic (exact) mass is 376 g/mol. The second kappa shape index (κ2) is 8.58. The van der Waals surface area contributed by atoms with Gasteiger partial charge in [-0.1, -0.05) is 49.1 Å². The van der Waals surface area contributed by atoms with Crippen molar-refractivity contribution < 1.29 is 14.3 Å². The lowest BCUT2D eigenvalue weighted by atomic mass is 9.95. The molecule has 0 radical (unpaired) electrons. The fourth-order valence-corrected chi connectivity index (χ4v) is 3.90. The van der Waals surface area contributed by atoms with E-state index in [1.807, 2.05) is 18.2 Å². The first kappa shape index (κ1) is 18.8. The van der Waals surface area contributed by atoms with Gasteiger partial charge in [-0.3, -0.25) is 0 Å². The molecule has 1 heterocycles. The van der Waals surface area contributed by atoms with Gasteiger partial charge in [-0.2, -0.15) is 0 Å². The molecular weight excluding hydrogens is 352 g/mol. The molecule has 6 heteroatoms. The summed E-state index contributed by atoms with van der Waals surface area (Å²) in [4.78, 5) is 24.9. The van der Waals surface area contributed by atoms with Gasteiger partial charge in [0.15, 0.2) is 0 Å². The molecule has 0 bridgehead atoms. The van der Waals surface area contributed by atoms with Gasteiger partial charge < -0.3 is 15.4 Å². The Morgan fingerprint density at radius 2 is 1.77 bits per heavy atom. The molecule has 0 spiro atoms. The summed E-state index contributed by atoms with van der Waals surface area (Å²) in [6.45, 7) is 1.72. The van der Waals surface area contributed by atoms with Crippen LogP contribution in [-0.2, 0) is 9.53 Å². The number of rotatable bonds is 3. The van der Waals surface area contributed by atoms with E-state index in [0.29, 0.717) is 21.9 Å². The molecule has 1 aromatic rings. The lowest BCUT2D eigenvalue weighted by Gasteiger charge is -2.30. The van der Waals surface area contributed by atoms with Crippen LogP contribution in [0.3, 0.4) is 0 Å². The highest BCUT2D eigenvalue weighted by atomic mass is 35.5. The Labute approximate surface area is 159 Å². The molecule has 1 aliphatic heterocycles. The Balaban J connectivity index is 1.83. The fourth-order valence-electron chi connectivity index (χ4n) is 3.66. The van der Waals surface area contributed by atoms with Gasteiger partial charge in [0.2, 0.25) is 0 Å². The summed E-state index contributed by atoms with van der Waals surface area (Å²) >= 11 is 6.31. The summed E-state index contributed by atoms with van der Waals surface area (Å²) in [6.07, 6.45) is 7.54. The number of nitrogens with one attached hydrogen (secondary N) is 2. The van der Waals surface area contributed by atoms with Crippen LogP contribution in [0.5, 0.6) is 0 Å². The summed E-state index contributed by atoms with van der Waals surface area (Å²) < 4.78 is 5.83. The first-order valence-electron chi connectivity index (χ1n) is 9.30. The molecule has 1 saturated carbocycles. The number of carbonyl (C=O) groups excluding carboxylic acids is 2. The number of halogens is 1. The van der Waals surface area contributed by atoms with Gasteiger partial charge in [-0.15, -0.1) is 0 Å². The minimum atomic E-state index is -0.612. The van der Waals surface area contributed by atoms with Crippen LogP contribution in [-0.4, -0.2) is 18.1 Å². The highest BCUT2D eigenvalue weighted by molar-refractivity contribution is 6.31. The van der Waals surface area contributed by atoms with E-state index in [2.05, 4.69) is 10.6 Å². The van der Waals surface area contributed by atoms with E-state index in [0.717, 1.165) is 25.7 Å². The third-order valence-corrected chi connectivity index (χ3v) is 5.38. The molecule has 1 aromatic carbocycles. The maximum Gasteiger partial charge on any atom is 0.338 e. The second-order valence-corrected chi connectivity index (χ2v) is 7.37. The molecule has 2 aliphatic rings. The molecule has 1 fully saturated rings. The van der Waals surface area contributed by atoms with Crippen LogP contribution >= 0.6 is 11.6 Å². The summed E-state index contributed by atoms with van der Waals surface area (Å²) in [5.74, 6) is -0.384. The summed E-state index contributed by atoms with van der Waals surface area (Å²) in [6, 6.07) is 6.25. The molecule has 140 valence electrons. The van der Waals surface area contributed by atoms with E-state index in [1.165, 1.54) is 19.3 Å². The maximum atomic E-state index is 13.0. The molecule has 0 saturated heterocycles. The largest absolute Gasteiger partial charge is 0.459 e. The first-order chi connectivity index (χ1) is 12.6. The predicted octanol–water partition coefficient (Wildman–Crippen LogP) is 4.62. The zero-order chi connectivity index (χ0) is 18.5. The molecule has 26 heavy (non-hydrogen) atoms. The molecule has 2 amide bonds. The summed E-state index contributed by atoms with van der Waals surface area (Å²) in [7, 11) is 0. The Morgan fingerprint density at radius 3 is 2.46 bits per heavy atom. The Hall–Kier alpha value is -2.01. The van der Waals surface area contributed by atoms with Crippen LogP contribution in [0.4, 0.5) is 4.79 Å². The molecular formula is C20H25ClN2O3. The van der Waals surface area contributed by atoms with Gasteiger partial charge >= 0.3 is 12.0 Å². The van der Waals surface area contributed by atoms with Crippen molar-refractivity contribution in [2.45, 2.75) is 64.0 Å². The standard InChI is InChI=1S/C20H25ClN2O3/c1-13-17(19(24)26-14-9-5-3-2-4-6-10-14)18(23-20(25)22-13)15-11-7-8-12-16(15)21/h7-8,11-12,14,18H,2-6,9-10H2,1H3,(H2,22,23,25). The van der Waals surface area contributed by atoms with Crippen LogP contribution < -0.4 is 10.6 Å². The second-order valence-electron chi connectivity index (χ2n) is 6.96. The van der Waals surface area contributed by atoms with Crippen LogP contribution in [0.1, 0.15) is 63.5 Å². The van der Waals surface area contributed by atoms with E-state index in [4.69, 9.17) is 16.3 Å². The van der Waals surface area contributed by atoms with Gasteiger partial charge in [-0.05, 0) is 44.2 Å². The number of ether oxygens (including phenoxy) is 1. The zero-order valence-corrected chi connectivity index (χ0v) is 15.8. The van der Waals surface area contributed by atoms with E-state index in [9.17, 15) is 9.59 Å². The SMILES string of the molecule is CC1=C(C(=O)OC2CCCCCCC2)C(c2ccccc2Cl)NC(=O)N1. The maximum absolute atomic E-state index is 13.0. The highest BCUT2D eigenvalue weighted by Gasteiger charge is 2.34. The summed E-state index contributed by atoms with van der Waals surface area (Å²) in [5, 5.41) is 5.98. The van der Waals surface area contributed by atoms with Crippen molar-refractivity contribution in [2.75, 3.05) is 0 Å². The lowest BCUT2D eigenvalue weighted by Crippen LogP contribution is -2.45. The van der Waals surface area contributed by atoms with Crippen molar-refractivity contribution in [1.29, 1.82) is 0 Å². The van der Waals surface area contributed by atoms with Crippen LogP contribution in [0, 0.1) is 0 Å². The van der Waals surface area contributed by atoms with Crippen LogP contribution in [0.25, 0.3) is 0 Å². The molecule has 1 aliphatic carbocycles. The van der Waals surface area contributed by atoms with E-state index < -0.39 is 6.04 Å². The number of hydrogen-bond acceptors (Lipinski definition) is 3. The van der Waals surface area contributed by atoms with Crippen molar-refractivity contribution in [2.24, 2.45) is 0 Å². The van der Waals surface area contributed by atoms with E-state index in [1.54, 1.807) is 13.0 Å². The summed E-state index contributed by atoms with van der Waals surface area (Å²) in [5.41, 5.74) is 1.61. The molecule has 0 aromatic heterocycles. The number of benzene rings is 1. The van der Waals surface area contributed by atoms with Gasteiger partial charge in [0.1, 0.15) is 6.10 Å². The van der Waals surface area contributed by atoms with E-state index in [-0.39, 0.29) is 18.1 Å². The van der Waals surface area contributed by atoms with Crippen LogP contribution in [0.15, 0.2) is 35.5 Å². The quantitative estimate of drug-likeness (QED) is 0.756. The topological polar surface area (TPSA) is 67.4 Å². The number of allylic oxidation sites excluding steroid dienone is 1. The number of amides is 2. The predicted molar refractivity (Wildman–Crippen MR) is 101 cm³/mol. The highest BCUT2D eigenvalue weighted by Crippen LogP contribution is 2.32. The lowest BCUT2D eigenvalue weighted by molar-refractivity contribution is -0.145. The number of esters is 1. The van der Waals surface area contributed by atoms with Crippen molar-refractivity contribution in [1.82, 2.24) is 10.6 Å². The van der Waals surface area contributed by atoms with Crippen LogP contribution in [0.2, 0.25) is 5.02 Å². The first-order valence-corrected chi connectivity index (χ1v) is 9.67. The molecule has 1 unspecified atom stereocenters. The zero-order valence-electron chi connectivity index (χ0n) is 15.0. The average molecular weight is 377 g/mol. The minimum absolute atomic E-state index is 0.0624. The third-order valence-electron chi connectivity index (χ3n) is 5.03. The number of urea groups is 1. The normalized spacial score (nSPS) is 22.1. The molecule has 3 rings (SSSR count). The molecule has 2 N–H and O–H groups in total. The van der Waals surface area contributed by atoms with Crippen molar-refractivity contribution in [3.05, 3.63) is 46.1 Å². The van der Waals surface area contributed by atoms with Crippen molar-refractivity contribution in [3.63, 3.8) is 0 Å². The van der Waals surface area contributed by atoms with Gasteiger partial charge in [0.05, 0.1) is 11.6 Å². The van der Waals surface area contributed by atoms with Gasteiger partial charge in [-0.25, -0.2) is 9.59 Å². The van der Waals surface area contributed by atoms with Crippen molar-refractivity contribution in [3.8, 4) is 0 Å². The Morgan fingerprint density at radius 1 is 1.12 bits per heavy atom. The molecule has 1 atom stereocenters. The third kappa shape index (κ3) is 4.39. The van der Waals surface area contributed by atoms with Crippen molar-refractivity contribution >= 4 is 23.6 Å². The van der Waals surface area contributed by atoms with E-state index >= 15 is 0 Å². The van der Waals surface area contributed by atoms with Gasteiger partial charge in [0.25, 0.3) is 0 Å². The number of hydrogen-bond donors (Lipinski definition) is 2. The smallest absolute Gasteiger partial charge is 0.338 e. The Bertz CT molecular complexity index is 709. The number of carbonyl (C=O) groups is 2. The van der Waals surface area contributed by atoms with Gasteiger partial charge in [0, 0.05) is 10.7 Å². The Kier molecular flexibility index (Phi) is 6.20.